The van der Waals surface area contributed by atoms with E-state index in [1.165, 1.54) is 13.2 Å². The van der Waals surface area contributed by atoms with Crippen LogP contribution in [-0.4, -0.2) is 27.2 Å². The molecule has 0 aliphatic heterocycles. The molecular formula is C18H18INO4. The Bertz CT molecular complexity index is 741. The van der Waals surface area contributed by atoms with Crippen molar-refractivity contribution in [3.8, 4) is 17.2 Å². The van der Waals surface area contributed by atoms with Crippen molar-refractivity contribution in [2.45, 2.75) is 0 Å². The molecule has 0 aliphatic rings. The van der Waals surface area contributed by atoms with E-state index in [0.29, 0.717) is 22.8 Å². The predicted molar refractivity (Wildman–Crippen MR) is 103 cm³/mol. The Balaban J connectivity index is 2.18. The molecule has 5 nitrogen and oxygen atoms in total. The maximum absolute atomic E-state index is 12.1. The van der Waals surface area contributed by atoms with Crippen LogP contribution in [0.3, 0.4) is 0 Å². The molecule has 24 heavy (non-hydrogen) atoms. The van der Waals surface area contributed by atoms with E-state index in [9.17, 15) is 4.79 Å². The first-order valence-electron chi connectivity index (χ1n) is 7.12. The summed E-state index contributed by atoms with van der Waals surface area (Å²) < 4.78 is 17.1. The molecule has 1 N–H and O–H groups in total. The van der Waals surface area contributed by atoms with Gasteiger partial charge in [-0.1, -0.05) is 0 Å². The van der Waals surface area contributed by atoms with Gasteiger partial charge in [-0.15, -0.1) is 0 Å². The number of hydrogen-bond donors (Lipinski definition) is 1. The second-order valence-corrected chi connectivity index (χ2v) is 6.00. The average Bonchev–Trinajstić information content (AvgIpc) is 2.60. The van der Waals surface area contributed by atoms with E-state index in [1.54, 1.807) is 32.4 Å². The summed E-state index contributed by atoms with van der Waals surface area (Å²) >= 11 is 2.21. The Labute approximate surface area is 154 Å². The van der Waals surface area contributed by atoms with E-state index in [2.05, 4.69) is 27.9 Å². The molecule has 0 bridgehead atoms. The molecule has 0 aliphatic carbocycles. The Morgan fingerprint density at radius 3 is 2.21 bits per heavy atom. The summed E-state index contributed by atoms with van der Waals surface area (Å²) in [6.07, 6.45) is 3.12. The molecular weight excluding hydrogens is 421 g/mol. The van der Waals surface area contributed by atoms with Gasteiger partial charge in [0.2, 0.25) is 11.7 Å². The Morgan fingerprint density at radius 1 is 0.958 bits per heavy atom. The van der Waals surface area contributed by atoms with E-state index in [4.69, 9.17) is 14.2 Å². The standard InChI is InChI=1S/C18H18INO4/c1-22-15-10-4-12(17(23-2)18(15)24-3)5-11-16(21)20-14-8-6-13(19)7-9-14/h4-11H,1-3H3,(H,20,21)/b11-5-. The van der Waals surface area contributed by atoms with Crippen molar-refractivity contribution in [2.24, 2.45) is 0 Å². The van der Waals surface area contributed by atoms with Gasteiger partial charge in [-0.25, -0.2) is 0 Å². The number of carbonyl (C=O) groups is 1. The topological polar surface area (TPSA) is 56.8 Å². The number of rotatable bonds is 6. The van der Waals surface area contributed by atoms with Crippen molar-refractivity contribution in [3.63, 3.8) is 0 Å². The fourth-order valence-electron chi connectivity index (χ4n) is 2.14. The smallest absolute Gasteiger partial charge is 0.248 e. The first-order chi connectivity index (χ1) is 11.6. The van der Waals surface area contributed by atoms with Crippen molar-refractivity contribution in [2.75, 3.05) is 26.6 Å². The second-order valence-electron chi connectivity index (χ2n) is 4.75. The highest BCUT2D eigenvalue weighted by Gasteiger charge is 2.14. The van der Waals surface area contributed by atoms with E-state index >= 15 is 0 Å². The van der Waals surface area contributed by atoms with Gasteiger partial charge in [-0.2, -0.15) is 0 Å². The van der Waals surface area contributed by atoms with Crippen LogP contribution in [0.1, 0.15) is 5.56 Å². The molecule has 0 aromatic heterocycles. The molecule has 2 aromatic carbocycles. The van der Waals surface area contributed by atoms with Crippen molar-refractivity contribution in [1.82, 2.24) is 0 Å². The monoisotopic (exact) mass is 439 g/mol. The molecule has 2 aromatic rings. The molecule has 0 atom stereocenters. The summed E-state index contributed by atoms with van der Waals surface area (Å²) in [4.78, 5) is 12.1. The van der Waals surface area contributed by atoms with Crippen molar-refractivity contribution in [3.05, 3.63) is 51.6 Å². The predicted octanol–water partition coefficient (Wildman–Crippen LogP) is 3.97. The molecule has 2 rings (SSSR count). The number of nitrogens with one attached hydrogen (secondary N) is 1. The molecule has 0 radical (unpaired) electrons. The van der Waals surface area contributed by atoms with Gasteiger partial charge < -0.3 is 19.5 Å². The Morgan fingerprint density at radius 2 is 1.62 bits per heavy atom. The van der Waals surface area contributed by atoms with E-state index < -0.39 is 0 Å². The lowest BCUT2D eigenvalue weighted by Crippen LogP contribution is -2.07. The first kappa shape index (κ1) is 18.1. The minimum Gasteiger partial charge on any atom is -0.493 e. The number of halogens is 1. The first-order valence-corrected chi connectivity index (χ1v) is 8.20. The summed E-state index contributed by atoms with van der Waals surface area (Å²) in [5.41, 5.74) is 1.46. The molecule has 0 saturated heterocycles. The van der Waals surface area contributed by atoms with Crippen LogP contribution in [0.15, 0.2) is 42.5 Å². The van der Waals surface area contributed by atoms with Crippen LogP contribution in [0, 0.1) is 3.57 Å². The van der Waals surface area contributed by atoms with E-state index in [-0.39, 0.29) is 5.91 Å². The van der Waals surface area contributed by atoms with Crippen LogP contribution in [0.2, 0.25) is 0 Å². The van der Waals surface area contributed by atoms with Crippen LogP contribution in [-0.2, 0) is 4.79 Å². The minimum absolute atomic E-state index is 0.229. The quantitative estimate of drug-likeness (QED) is 0.547. The summed E-state index contributed by atoms with van der Waals surface area (Å²) in [6.45, 7) is 0. The normalized spacial score (nSPS) is 10.5. The third-order valence-corrected chi connectivity index (χ3v) is 3.98. The molecule has 0 heterocycles. The van der Waals surface area contributed by atoms with Gasteiger partial charge in [-0.05, 0) is 65.1 Å². The second kappa shape index (κ2) is 8.58. The minimum atomic E-state index is -0.229. The third kappa shape index (κ3) is 4.41. The van der Waals surface area contributed by atoms with Gasteiger partial charge in [0.15, 0.2) is 11.5 Å². The zero-order valence-electron chi connectivity index (χ0n) is 13.6. The number of amides is 1. The van der Waals surface area contributed by atoms with Crippen molar-refractivity contribution >= 4 is 40.3 Å². The highest BCUT2D eigenvalue weighted by Crippen LogP contribution is 2.40. The zero-order chi connectivity index (χ0) is 17.5. The summed E-state index contributed by atoms with van der Waals surface area (Å²) in [7, 11) is 4.64. The van der Waals surface area contributed by atoms with Crippen LogP contribution >= 0.6 is 22.6 Å². The Hall–Kier alpha value is -2.22. The summed E-state index contributed by atoms with van der Waals surface area (Å²) in [5, 5.41) is 2.80. The number of carbonyl (C=O) groups excluding carboxylic acids is 1. The molecule has 0 spiro atoms. The lowest BCUT2D eigenvalue weighted by atomic mass is 10.1. The van der Waals surface area contributed by atoms with Gasteiger partial charge in [0, 0.05) is 20.9 Å². The van der Waals surface area contributed by atoms with Crippen LogP contribution < -0.4 is 19.5 Å². The lowest BCUT2D eigenvalue weighted by Gasteiger charge is -2.13. The number of anilines is 1. The maximum Gasteiger partial charge on any atom is 0.248 e. The SMILES string of the molecule is COc1ccc(/C=C\C(=O)Nc2ccc(I)cc2)c(OC)c1OC. The molecule has 0 saturated carbocycles. The van der Waals surface area contributed by atoms with Crippen LogP contribution in [0.25, 0.3) is 6.08 Å². The van der Waals surface area contributed by atoms with Gasteiger partial charge in [0.25, 0.3) is 0 Å². The number of methoxy groups -OCH3 is 3. The molecule has 126 valence electrons. The highest BCUT2D eigenvalue weighted by atomic mass is 127. The lowest BCUT2D eigenvalue weighted by molar-refractivity contribution is -0.111. The van der Waals surface area contributed by atoms with E-state index in [1.807, 2.05) is 24.3 Å². The fourth-order valence-corrected chi connectivity index (χ4v) is 2.50. The van der Waals surface area contributed by atoms with Crippen molar-refractivity contribution < 1.29 is 19.0 Å². The van der Waals surface area contributed by atoms with Gasteiger partial charge in [-0.3, -0.25) is 4.79 Å². The number of hydrogen-bond acceptors (Lipinski definition) is 4. The largest absolute Gasteiger partial charge is 0.493 e. The molecule has 1 amide bonds. The average molecular weight is 439 g/mol. The summed E-state index contributed by atoms with van der Waals surface area (Å²) in [5.74, 6) is 1.33. The van der Waals surface area contributed by atoms with Gasteiger partial charge >= 0.3 is 0 Å². The van der Waals surface area contributed by atoms with Gasteiger partial charge in [0.1, 0.15) is 0 Å². The Kier molecular flexibility index (Phi) is 6.48. The van der Waals surface area contributed by atoms with E-state index in [0.717, 1.165) is 9.26 Å². The van der Waals surface area contributed by atoms with Crippen molar-refractivity contribution in [1.29, 1.82) is 0 Å². The highest BCUT2D eigenvalue weighted by molar-refractivity contribution is 14.1. The number of ether oxygens (including phenoxy) is 3. The molecule has 0 fully saturated rings. The molecule has 0 unspecified atom stereocenters. The zero-order valence-corrected chi connectivity index (χ0v) is 15.8. The summed E-state index contributed by atoms with van der Waals surface area (Å²) in [6, 6.07) is 11.1. The maximum atomic E-state index is 12.1. The van der Waals surface area contributed by atoms with Crippen LogP contribution in [0.5, 0.6) is 17.2 Å². The third-order valence-electron chi connectivity index (χ3n) is 3.26. The fraction of sp³-hybridized carbons (Fsp3) is 0.167. The van der Waals surface area contributed by atoms with Crippen LogP contribution in [0.4, 0.5) is 5.69 Å². The number of benzene rings is 2. The van der Waals surface area contributed by atoms with Gasteiger partial charge in [0.05, 0.1) is 21.3 Å². The molecule has 6 heteroatoms.